The van der Waals surface area contributed by atoms with Crippen molar-refractivity contribution in [1.29, 1.82) is 0 Å². The number of hydrogen-bond donors (Lipinski definition) is 2. The Morgan fingerprint density at radius 2 is 1.47 bits per heavy atom. The zero-order valence-corrected chi connectivity index (χ0v) is 25.8. The topological polar surface area (TPSA) is 125 Å². The first kappa shape index (κ1) is 30.6. The third kappa shape index (κ3) is 7.20. The number of nitrogens with one attached hydrogen (secondary N) is 2. The number of amides is 4. The molecule has 1 fully saturated rings. The second-order valence-corrected chi connectivity index (χ2v) is 15.1. The summed E-state index contributed by atoms with van der Waals surface area (Å²) in [4.78, 5) is 41.1. The number of carbonyl (C=O) groups is 3. The zero-order valence-electron chi connectivity index (χ0n) is 24.1. The average molecular weight is 623 g/mol. The number of hydrogen-bond acceptors (Lipinski definition) is 7. The second-order valence-electron chi connectivity index (χ2n) is 11.3. The summed E-state index contributed by atoms with van der Waals surface area (Å²) in [5.41, 5.74) is 0.711. The molecule has 0 aliphatic carbocycles. The van der Waals surface area contributed by atoms with Crippen molar-refractivity contribution >= 4 is 39.6 Å². The molecule has 2 aliphatic rings. The Hall–Kier alpha value is -3.87. The molecular formula is C31H34N4O6S2. The van der Waals surface area contributed by atoms with E-state index in [0.717, 1.165) is 4.90 Å². The summed E-state index contributed by atoms with van der Waals surface area (Å²) in [5.74, 6) is 0.390. The molecule has 0 bridgehead atoms. The highest BCUT2D eigenvalue weighted by Gasteiger charge is 2.40. The van der Waals surface area contributed by atoms with Crippen LogP contribution < -0.4 is 14.8 Å². The van der Waals surface area contributed by atoms with E-state index in [9.17, 15) is 22.8 Å². The summed E-state index contributed by atoms with van der Waals surface area (Å²) in [7, 11) is -3.90. The maximum absolute atomic E-state index is 13.4. The summed E-state index contributed by atoms with van der Waals surface area (Å²) in [6.07, 6.45) is 0. The number of thioether (sulfide) groups is 1. The minimum atomic E-state index is -3.90. The molecule has 5 rings (SSSR count). The molecule has 0 unspecified atom stereocenters. The number of benzene rings is 3. The number of imide groups is 1. The van der Waals surface area contributed by atoms with Crippen LogP contribution in [0.15, 0.2) is 83.8 Å². The van der Waals surface area contributed by atoms with E-state index in [0.29, 0.717) is 29.2 Å². The second kappa shape index (κ2) is 12.4. The first-order chi connectivity index (χ1) is 20.4. The van der Waals surface area contributed by atoms with Gasteiger partial charge in [-0.25, -0.2) is 17.9 Å². The van der Waals surface area contributed by atoms with Gasteiger partial charge >= 0.3 is 6.03 Å². The van der Waals surface area contributed by atoms with Gasteiger partial charge in [0.15, 0.2) is 0 Å². The van der Waals surface area contributed by atoms with Gasteiger partial charge in [0.05, 0.1) is 22.1 Å². The van der Waals surface area contributed by atoms with E-state index in [1.54, 1.807) is 53.1 Å². The molecule has 0 radical (unpaired) electrons. The van der Waals surface area contributed by atoms with Crippen LogP contribution in [0.2, 0.25) is 0 Å². The molecule has 3 aromatic carbocycles. The summed E-state index contributed by atoms with van der Waals surface area (Å²) in [6, 6.07) is 21.1. The molecule has 12 heteroatoms. The smallest absolute Gasteiger partial charge is 0.317 e. The Kier molecular flexibility index (Phi) is 8.81. The monoisotopic (exact) mass is 622 g/mol. The Bertz CT molecular complexity index is 1570. The van der Waals surface area contributed by atoms with Crippen LogP contribution >= 0.6 is 11.8 Å². The first-order valence-corrected chi connectivity index (χ1v) is 16.3. The van der Waals surface area contributed by atoms with Crippen LogP contribution in [-0.2, 0) is 10.0 Å². The van der Waals surface area contributed by atoms with E-state index in [4.69, 9.17) is 4.74 Å². The third-order valence-corrected chi connectivity index (χ3v) is 9.96. The fourth-order valence-electron chi connectivity index (χ4n) is 5.03. The molecule has 0 aromatic heterocycles. The maximum Gasteiger partial charge on any atom is 0.317 e. The van der Waals surface area contributed by atoms with Crippen LogP contribution in [-0.4, -0.2) is 78.3 Å². The quantitative estimate of drug-likeness (QED) is 0.340. The van der Waals surface area contributed by atoms with Crippen LogP contribution in [0.5, 0.6) is 11.5 Å². The fourth-order valence-corrected chi connectivity index (χ4v) is 7.87. The van der Waals surface area contributed by atoms with E-state index in [-0.39, 0.29) is 52.4 Å². The molecule has 2 aliphatic heterocycles. The third-order valence-electron chi connectivity index (χ3n) is 6.97. The van der Waals surface area contributed by atoms with Crippen molar-refractivity contribution in [2.24, 2.45) is 0 Å². The number of urea groups is 1. The molecule has 2 N–H and O–H groups in total. The molecule has 1 saturated heterocycles. The minimum absolute atomic E-state index is 0.0339. The highest BCUT2D eigenvalue weighted by molar-refractivity contribution is 8.01. The fraction of sp³-hybridized carbons (Fsp3) is 0.323. The van der Waals surface area contributed by atoms with E-state index in [2.05, 4.69) is 10.0 Å². The summed E-state index contributed by atoms with van der Waals surface area (Å²) >= 11 is 1.60. The number of fused-ring (bicyclic) bond motifs is 1. The number of nitrogens with zero attached hydrogens (tertiary/aromatic N) is 2. The van der Waals surface area contributed by atoms with Gasteiger partial charge in [-0.3, -0.25) is 14.5 Å². The standard InChI is InChI=1S/C31H34N4O6S2/c1-31(2,3)42-27-20-34(30(38)32-17-18-35-28(36)24-11-7-8-12-25(24)29(35)37)19-26(27)33-43(39,40)23-15-13-22(14-16-23)41-21-9-5-4-6-10-21/h4-16,26-27,33H,17-20H2,1-3H3,(H,32,38)/t26-,27-/m1/s1. The van der Waals surface area contributed by atoms with E-state index >= 15 is 0 Å². The Morgan fingerprint density at radius 3 is 2.07 bits per heavy atom. The summed E-state index contributed by atoms with van der Waals surface area (Å²) in [6.45, 7) is 6.73. The van der Waals surface area contributed by atoms with Crippen LogP contribution in [0.4, 0.5) is 4.79 Å². The molecule has 0 saturated carbocycles. The zero-order chi connectivity index (χ0) is 30.8. The van der Waals surface area contributed by atoms with Crippen molar-refractivity contribution in [1.82, 2.24) is 19.8 Å². The molecule has 226 valence electrons. The van der Waals surface area contributed by atoms with Crippen molar-refractivity contribution in [2.45, 2.75) is 41.7 Å². The van der Waals surface area contributed by atoms with Crippen molar-refractivity contribution in [3.63, 3.8) is 0 Å². The molecule has 2 heterocycles. The Labute approximate surface area is 255 Å². The van der Waals surface area contributed by atoms with E-state index in [1.807, 2.05) is 51.1 Å². The van der Waals surface area contributed by atoms with Gasteiger partial charge in [0.1, 0.15) is 11.5 Å². The van der Waals surface area contributed by atoms with Crippen LogP contribution in [0.1, 0.15) is 41.5 Å². The number of likely N-dealkylation sites (tertiary alicyclic amines) is 1. The maximum atomic E-state index is 13.4. The van der Waals surface area contributed by atoms with Crippen LogP contribution in [0.3, 0.4) is 0 Å². The van der Waals surface area contributed by atoms with Gasteiger partial charge in [-0.15, -0.1) is 11.8 Å². The number of rotatable bonds is 9. The largest absolute Gasteiger partial charge is 0.457 e. The number of para-hydroxylation sites is 1. The van der Waals surface area contributed by atoms with Gasteiger partial charge in [0, 0.05) is 36.2 Å². The minimum Gasteiger partial charge on any atom is -0.457 e. The van der Waals surface area contributed by atoms with Crippen molar-refractivity contribution in [2.75, 3.05) is 26.2 Å². The average Bonchev–Trinajstić information content (AvgIpc) is 3.45. The predicted molar refractivity (Wildman–Crippen MR) is 165 cm³/mol. The molecule has 3 aromatic rings. The number of sulfonamides is 1. The number of ether oxygens (including phenoxy) is 1. The molecular weight excluding hydrogens is 588 g/mol. The summed E-state index contributed by atoms with van der Waals surface area (Å²) < 4.78 is 35.1. The van der Waals surface area contributed by atoms with Gasteiger partial charge in [0.2, 0.25) is 10.0 Å². The summed E-state index contributed by atoms with van der Waals surface area (Å²) in [5, 5.41) is 2.59. The molecule has 4 amide bonds. The Morgan fingerprint density at radius 1 is 0.884 bits per heavy atom. The van der Waals surface area contributed by atoms with Gasteiger partial charge in [-0.2, -0.15) is 0 Å². The lowest BCUT2D eigenvalue weighted by Crippen LogP contribution is -2.45. The Balaban J connectivity index is 1.20. The lowest BCUT2D eigenvalue weighted by atomic mass is 10.1. The number of carbonyl (C=O) groups excluding carboxylic acids is 3. The predicted octanol–water partition coefficient (Wildman–Crippen LogP) is 4.35. The van der Waals surface area contributed by atoms with Crippen molar-refractivity contribution < 1.29 is 27.5 Å². The molecule has 2 atom stereocenters. The van der Waals surface area contributed by atoms with Gasteiger partial charge < -0.3 is 15.0 Å². The van der Waals surface area contributed by atoms with Crippen LogP contribution in [0.25, 0.3) is 0 Å². The lowest BCUT2D eigenvalue weighted by Gasteiger charge is -2.26. The highest BCUT2D eigenvalue weighted by Crippen LogP contribution is 2.34. The van der Waals surface area contributed by atoms with Gasteiger partial charge in [0.25, 0.3) is 11.8 Å². The highest BCUT2D eigenvalue weighted by atomic mass is 32.2. The molecule has 43 heavy (non-hydrogen) atoms. The SMILES string of the molecule is CC(C)(C)S[C@@H]1CN(C(=O)NCCN2C(=O)c3ccccc3C2=O)C[C@H]1NS(=O)(=O)c1ccc(Oc2ccccc2)cc1. The van der Waals surface area contributed by atoms with Crippen molar-refractivity contribution in [3.05, 3.63) is 90.0 Å². The normalized spacial score (nSPS) is 18.6. The van der Waals surface area contributed by atoms with Crippen molar-refractivity contribution in [3.8, 4) is 11.5 Å². The first-order valence-electron chi connectivity index (χ1n) is 13.9. The van der Waals surface area contributed by atoms with E-state index in [1.165, 1.54) is 12.1 Å². The molecule has 10 nitrogen and oxygen atoms in total. The van der Waals surface area contributed by atoms with Crippen LogP contribution in [0, 0.1) is 0 Å². The lowest BCUT2D eigenvalue weighted by molar-refractivity contribution is 0.0655. The van der Waals surface area contributed by atoms with E-state index < -0.39 is 16.1 Å². The molecule has 0 spiro atoms. The van der Waals surface area contributed by atoms with Gasteiger partial charge in [-0.1, -0.05) is 51.1 Å². The van der Waals surface area contributed by atoms with Gasteiger partial charge in [-0.05, 0) is 48.5 Å².